The minimum atomic E-state index is -0.225. The molecule has 0 radical (unpaired) electrons. The highest BCUT2D eigenvalue weighted by molar-refractivity contribution is 7.15. The van der Waals surface area contributed by atoms with Crippen LogP contribution in [0, 0.1) is 5.92 Å². The molecular formula is C15H15N5OS2. The topological polar surface area (TPSA) is 80.7 Å². The van der Waals surface area contributed by atoms with Gasteiger partial charge >= 0.3 is 0 Å². The predicted octanol–water partition coefficient (Wildman–Crippen LogP) is 3.51. The fourth-order valence-electron chi connectivity index (χ4n) is 1.91. The molecule has 0 spiro atoms. The fraction of sp³-hybridized carbons (Fsp3) is 0.267. The van der Waals surface area contributed by atoms with Crippen LogP contribution in [0.3, 0.4) is 0 Å². The van der Waals surface area contributed by atoms with Gasteiger partial charge in [-0.15, -0.1) is 10.2 Å². The number of aromatic nitrogens is 4. The monoisotopic (exact) mass is 345 g/mol. The van der Waals surface area contributed by atoms with Crippen molar-refractivity contribution in [3.63, 3.8) is 0 Å². The first kappa shape index (κ1) is 15.7. The van der Waals surface area contributed by atoms with Crippen LogP contribution in [0.2, 0.25) is 0 Å². The van der Waals surface area contributed by atoms with Gasteiger partial charge in [-0.25, -0.2) is 0 Å². The minimum absolute atomic E-state index is 0.225. The molecule has 3 heterocycles. The van der Waals surface area contributed by atoms with E-state index in [0.717, 1.165) is 28.7 Å². The second-order valence-corrected chi connectivity index (χ2v) is 7.21. The zero-order chi connectivity index (χ0) is 16.2. The molecule has 0 atom stereocenters. The second-order valence-electron chi connectivity index (χ2n) is 5.34. The van der Waals surface area contributed by atoms with Gasteiger partial charge in [-0.05, 0) is 35.6 Å². The average molecular weight is 345 g/mol. The number of rotatable bonds is 5. The number of carbonyl (C=O) groups is 1. The first-order valence-electron chi connectivity index (χ1n) is 7.13. The van der Waals surface area contributed by atoms with Gasteiger partial charge in [0.05, 0.1) is 5.69 Å². The van der Waals surface area contributed by atoms with Gasteiger partial charge in [-0.2, -0.15) is 4.37 Å². The Labute approximate surface area is 141 Å². The molecule has 3 aromatic heterocycles. The zero-order valence-electron chi connectivity index (χ0n) is 12.7. The fourth-order valence-corrected chi connectivity index (χ4v) is 3.50. The molecule has 118 valence electrons. The molecule has 1 N–H and O–H groups in total. The minimum Gasteiger partial charge on any atom is -0.296 e. The van der Waals surface area contributed by atoms with Crippen molar-refractivity contribution < 1.29 is 4.79 Å². The number of nitrogens with zero attached hydrogens (tertiary/aromatic N) is 4. The smallest absolute Gasteiger partial charge is 0.269 e. The summed E-state index contributed by atoms with van der Waals surface area (Å²) in [5, 5.41) is 12.3. The van der Waals surface area contributed by atoms with E-state index >= 15 is 0 Å². The van der Waals surface area contributed by atoms with Crippen LogP contribution in [0.4, 0.5) is 5.13 Å². The summed E-state index contributed by atoms with van der Waals surface area (Å²) < 4.78 is 4.28. The van der Waals surface area contributed by atoms with E-state index in [1.54, 1.807) is 12.3 Å². The number of anilines is 1. The molecule has 8 heteroatoms. The number of nitrogens with one attached hydrogen (secondary N) is 1. The molecule has 3 aromatic rings. The van der Waals surface area contributed by atoms with Gasteiger partial charge in [0.2, 0.25) is 5.13 Å². The summed E-state index contributed by atoms with van der Waals surface area (Å²) in [6.45, 7) is 4.24. The van der Waals surface area contributed by atoms with E-state index in [1.807, 2.05) is 18.2 Å². The Balaban J connectivity index is 1.69. The van der Waals surface area contributed by atoms with E-state index in [1.165, 1.54) is 11.3 Å². The van der Waals surface area contributed by atoms with E-state index in [-0.39, 0.29) is 5.91 Å². The molecule has 3 rings (SSSR count). The molecule has 0 aliphatic heterocycles. The highest BCUT2D eigenvalue weighted by Gasteiger charge is 2.15. The normalized spacial score (nSPS) is 10.9. The Morgan fingerprint density at radius 1 is 1.26 bits per heavy atom. The van der Waals surface area contributed by atoms with Crippen molar-refractivity contribution in [2.45, 2.75) is 20.3 Å². The summed E-state index contributed by atoms with van der Waals surface area (Å²) in [5.41, 5.74) is 1.44. The summed E-state index contributed by atoms with van der Waals surface area (Å²) >= 11 is 2.55. The van der Waals surface area contributed by atoms with Gasteiger partial charge in [0.25, 0.3) is 5.91 Å². The standard InChI is InChI=1S/C15H15N5OS2/c1-9(2)7-13-18-19-15(22-13)17-14(21)12-8-11(20-23-12)10-5-3-4-6-16-10/h3-6,8-9H,7H2,1-2H3,(H,17,19,21). The Kier molecular flexibility index (Phi) is 4.73. The Morgan fingerprint density at radius 3 is 2.87 bits per heavy atom. The molecular weight excluding hydrogens is 330 g/mol. The van der Waals surface area contributed by atoms with Crippen molar-refractivity contribution in [2.75, 3.05) is 5.32 Å². The maximum atomic E-state index is 12.3. The lowest BCUT2D eigenvalue weighted by Gasteiger charge is -1.98. The van der Waals surface area contributed by atoms with Gasteiger partial charge in [-0.1, -0.05) is 31.3 Å². The molecule has 23 heavy (non-hydrogen) atoms. The molecule has 0 saturated carbocycles. The van der Waals surface area contributed by atoms with Crippen molar-refractivity contribution in [3.05, 3.63) is 40.3 Å². The number of amides is 1. The quantitative estimate of drug-likeness (QED) is 0.765. The Bertz CT molecular complexity index is 797. The van der Waals surface area contributed by atoms with E-state index in [2.05, 4.69) is 38.7 Å². The maximum absolute atomic E-state index is 12.3. The van der Waals surface area contributed by atoms with E-state index in [4.69, 9.17) is 0 Å². The largest absolute Gasteiger partial charge is 0.296 e. The van der Waals surface area contributed by atoms with Crippen LogP contribution in [0.15, 0.2) is 30.5 Å². The molecule has 0 fully saturated rings. The van der Waals surface area contributed by atoms with Gasteiger partial charge in [-0.3, -0.25) is 15.1 Å². The summed E-state index contributed by atoms with van der Waals surface area (Å²) in [6, 6.07) is 7.32. The Hall–Kier alpha value is -2.19. The first-order valence-corrected chi connectivity index (χ1v) is 8.72. The van der Waals surface area contributed by atoms with Crippen molar-refractivity contribution in [3.8, 4) is 11.4 Å². The summed E-state index contributed by atoms with van der Waals surface area (Å²) in [6.07, 6.45) is 2.56. The van der Waals surface area contributed by atoms with E-state index in [9.17, 15) is 4.79 Å². The maximum Gasteiger partial charge on any atom is 0.269 e. The Morgan fingerprint density at radius 2 is 2.13 bits per heavy atom. The molecule has 0 aliphatic rings. The highest BCUT2D eigenvalue weighted by atomic mass is 32.1. The zero-order valence-corrected chi connectivity index (χ0v) is 14.3. The van der Waals surface area contributed by atoms with Crippen LogP contribution in [0.25, 0.3) is 11.4 Å². The number of hydrogen-bond acceptors (Lipinski definition) is 7. The summed E-state index contributed by atoms with van der Waals surface area (Å²) in [4.78, 5) is 17.0. The van der Waals surface area contributed by atoms with Crippen molar-refractivity contribution in [2.24, 2.45) is 5.92 Å². The third-order valence-corrected chi connectivity index (χ3v) is 4.58. The van der Waals surface area contributed by atoms with Crippen LogP contribution in [-0.2, 0) is 6.42 Å². The average Bonchev–Trinajstić information content (AvgIpc) is 3.17. The van der Waals surface area contributed by atoms with Crippen LogP contribution in [0.1, 0.15) is 28.5 Å². The van der Waals surface area contributed by atoms with Crippen molar-refractivity contribution >= 4 is 33.9 Å². The van der Waals surface area contributed by atoms with Gasteiger partial charge in [0.15, 0.2) is 0 Å². The predicted molar refractivity (Wildman–Crippen MR) is 91.7 cm³/mol. The molecule has 6 nitrogen and oxygen atoms in total. The second kappa shape index (κ2) is 6.93. The SMILES string of the molecule is CC(C)Cc1nnc(NC(=O)c2cc(-c3ccccn3)ns2)s1. The lowest BCUT2D eigenvalue weighted by atomic mass is 10.1. The van der Waals surface area contributed by atoms with Crippen LogP contribution in [0.5, 0.6) is 0 Å². The third kappa shape index (κ3) is 3.96. The summed E-state index contributed by atoms with van der Waals surface area (Å²) in [5.74, 6) is 0.283. The van der Waals surface area contributed by atoms with Gasteiger partial charge < -0.3 is 0 Å². The third-order valence-electron chi connectivity index (χ3n) is 2.93. The lowest BCUT2D eigenvalue weighted by molar-refractivity contribution is 0.103. The molecule has 0 aromatic carbocycles. The number of carbonyl (C=O) groups excluding carboxylic acids is 1. The number of hydrogen-bond donors (Lipinski definition) is 1. The molecule has 0 bridgehead atoms. The van der Waals surface area contributed by atoms with Crippen LogP contribution < -0.4 is 5.32 Å². The molecule has 0 unspecified atom stereocenters. The highest BCUT2D eigenvalue weighted by Crippen LogP contribution is 2.22. The van der Waals surface area contributed by atoms with Crippen molar-refractivity contribution in [1.29, 1.82) is 0 Å². The van der Waals surface area contributed by atoms with E-state index in [0.29, 0.717) is 21.6 Å². The van der Waals surface area contributed by atoms with E-state index < -0.39 is 0 Å². The summed E-state index contributed by atoms with van der Waals surface area (Å²) in [7, 11) is 0. The first-order chi connectivity index (χ1) is 11.1. The van der Waals surface area contributed by atoms with Gasteiger partial charge in [0, 0.05) is 12.6 Å². The molecule has 0 saturated heterocycles. The van der Waals surface area contributed by atoms with Crippen molar-refractivity contribution in [1.82, 2.24) is 19.6 Å². The van der Waals surface area contributed by atoms with Crippen LogP contribution in [-0.4, -0.2) is 25.5 Å². The number of pyridine rings is 1. The van der Waals surface area contributed by atoms with Crippen LogP contribution >= 0.6 is 22.9 Å². The van der Waals surface area contributed by atoms with Gasteiger partial charge in [0.1, 0.15) is 15.6 Å². The molecule has 1 amide bonds. The molecule has 0 aliphatic carbocycles. The lowest BCUT2D eigenvalue weighted by Crippen LogP contribution is -2.09.